The number of imidazole rings is 1. The Morgan fingerprint density at radius 3 is 2.31 bits per heavy atom. The van der Waals surface area contributed by atoms with Crippen LogP contribution >= 0.6 is 0 Å². The average molecular weight is 916 g/mol. The van der Waals surface area contributed by atoms with E-state index in [2.05, 4.69) is 54.4 Å². The molecule has 0 bridgehead atoms. The molecular weight excluding hydrogens is 859 g/mol. The molecule has 0 aliphatic carbocycles. The summed E-state index contributed by atoms with van der Waals surface area (Å²) in [6.07, 6.45) is 12.3. The van der Waals surface area contributed by atoms with Gasteiger partial charge in [0.25, 0.3) is 11.8 Å². The molecule has 67 heavy (non-hydrogen) atoms. The quantitative estimate of drug-likeness (QED) is 0.0282. The molecule has 0 unspecified atom stereocenters. The summed E-state index contributed by atoms with van der Waals surface area (Å²) >= 11 is 0. The highest BCUT2D eigenvalue weighted by molar-refractivity contribution is 6.47. The molecule has 21 heteroatoms. The van der Waals surface area contributed by atoms with Crippen molar-refractivity contribution in [2.45, 2.75) is 54.3 Å². The molecule has 9 N–H and O–H groups in total. The summed E-state index contributed by atoms with van der Waals surface area (Å²) in [4.78, 5) is 67.1. The highest BCUT2D eigenvalue weighted by atomic mass is 16.5. The first kappa shape index (κ1) is 49.5. The molecule has 352 valence electrons. The van der Waals surface area contributed by atoms with Crippen molar-refractivity contribution in [1.29, 1.82) is 0 Å². The Bertz CT molecular complexity index is 2790. The van der Waals surface area contributed by atoms with Gasteiger partial charge in [0.2, 0.25) is 17.8 Å². The number of carbonyl (C=O) groups is 4. The number of anilines is 3. The number of aromatic nitrogens is 6. The van der Waals surface area contributed by atoms with Crippen LogP contribution in [0.4, 0.5) is 23.0 Å². The number of nitrogens with two attached hydrogens (primary N) is 3. The topological polar surface area (TPSA) is 282 Å². The van der Waals surface area contributed by atoms with E-state index < -0.39 is 17.7 Å². The Balaban J connectivity index is 1.52. The van der Waals surface area contributed by atoms with E-state index in [0.29, 0.717) is 53.4 Å². The van der Waals surface area contributed by atoms with Crippen molar-refractivity contribution in [2.24, 2.45) is 27.2 Å². The molecule has 0 fully saturated rings. The summed E-state index contributed by atoms with van der Waals surface area (Å²) in [6.45, 7) is 18.1. The van der Waals surface area contributed by atoms with Crippen LogP contribution in [0.15, 0.2) is 101 Å². The molecule has 3 heterocycles. The van der Waals surface area contributed by atoms with E-state index in [1.165, 1.54) is 37.5 Å². The molecule has 21 nitrogen and oxygen atoms in total. The van der Waals surface area contributed by atoms with Crippen LogP contribution < -0.4 is 47.5 Å². The van der Waals surface area contributed by atoms with Gasteiger partial charge in [-0.1, -0.05) is 24.8 Å². The standard InChI is InChI=1S/C46H57N15O6/c1-9-51-36(19-29(5)47)44(64)56-46-55-35-22-32(43(49)63)23-38(66-8)41(35)60(46)17-12-11-15-58(27-52-45(65)37-20-30(6)57-61(37)10-2)40-34(50-7)21-31(42(48)62)24-39(40)67-18-14-13-16-59-26-33(25-53-59)54-28(3)4/h11-14,19-26,54H,3,7,9-10,15-18,27,47H2,1-2,4-6,8H3,(H2,48,62)(H2,49,63)(H,52,65)(H,55,56,64)/b12-11+,14-13+,29-19-,51-36?. The number of benzene rings is 2. The lowest BCUT2D eigenvalue weighted by molar-refractivity contribution is -0.110. The maximum absolute atomic E-state index is 13.7. The van der Waals surface area contributed by atoms with Gasteiger partial charge in [0.05, 0.1) is 49.1 Å². The normalized spacial score (nSPS) is 11.9. The van der Waals surface area contributed by atoms with Gasteiger partial charge in [0.15, 0.2) is 0 Å². The summed E-state index contributed by atoms with van der Waals surface area (Å²) in [7, 11) is 1.44. The van der Waals surface area contributed by atoms with Gasteiger partial charge in [-0.3, -0.25) is 43.8 Å². The van der Waals surface area contributed by atoms with Crippen molar-refractivity contribution in [2.75, 3.05) is 49.0 Å². The number of nitrogens with zero attached hydrogens (tertiary/aromatic N) is 9. The second-order valence-corrected chi connectivity index (χ2v) is 15.0. The van der Waals surface area contributed by atoms with Crippen LogP contribution in [0.25, 0.3) is 11.0 Å². The third-order valence-corrected chi connectivity index (χ3v) is 9.72. The molecule has 0 radical (unpaired) electrons. The first-order chi connectivity index (χ1) is 32.1. The molecule has 4 amide bonds. The summed E-state index contributed by atoms with van der Waals surface area (Å²) in [5, 5.41) is 17.7. The van der Waals surface area contributed by atoms with Gasteiger partial charge >= 0.3 is 0 Å². The number of hydrogen-bond donors (Lipinski definition) is 6. The zero-order valence-corrected chi connectivity index (χ0v) is 38.5. The van der Waals surface area contributed by atoms with Crippen LogP contribution in [-0.4, -0.2) is 98.6 Å². The Labute approximate surface area is 387 Å². The number of methoxy groups -OCH3 is 1. The summed E-state index contributed by atoms with van der Waals surface area (Å²) < 4.78 is 17.0. The van der Waals surface area contributed by atoms with Crippen LogP contribution in [0.2, 0.25) is 0 Å². The first-order valence-electron chi connectivity index (χ1n) is 21.1. The van der Waals surface area contributed by atoms with Gasteiger partial charge in [-0.2, -0.15) is 10.2 Å². The van der Waals surface area contributed by atoms with E-state index in [0.717, 1.165) is 11.4 Å². The van der Waals surface area contributed by atoms with E-state index in [1.54, 1.807) is 57.9 Å². The van der Waals surface area contributed by atoms with Gasteiger partial charge < -0.3 is 46.8 Å². The fourth-order valence-corrected chi connectivity index (χ4v) is 6.83. The highest BCUT2D eigenvalue weighted by Gasteiger charge is 2.23. The van der Waals surface area contributed by atoms with Crippen LogP contribution in [0.1, 0.15) is 64.6 Å². The van der Waals surface area contributed by atoms with Crippen LogP contribution in [0.5, 0.6) is 11.5 Å². The number of primary amides is 2. The fourth-order valence-electron chi connectivity index (χ4n) is 6.83. The zero-order chi connectivity index (χ0) is 48.8. The smallest absolute Gasteiger partial charge is 0.276 e. The van der Waals surface area contributed by atoms with Crippen molar-refractivity contribution in [3.63, 3.8) is 0 Å². The highest BCUT2D eigenvalue weighted by Crippen LogP contribution is 2.39. The molecule has 0 aliphatic heterocycles. The number of hydrogen-bond acceptors (Lipinski definition) is 14. The largest absolute Gasteiger partial charge is 0.494 e. The Hall–Kier alpha value is -8.49. The number of amides is 4. The Morgan fingerprint density at radius 2 is 1.66 bits per heavy atom. The van der Waals surface area contributed by atoms with E-state index >= 15 is 0 Å². The minimum atomic E-state index is -0.714. The number of allylic oxidation sites excluding steroid dienone is 4. The van der Waals surface area contributed by atoms with Crippen molar-refractivity contribution in [3.05, 3.63) is 114 Å². The number of aliphatic imine (C=N–C) groups is 2. The Morgan fingerprint density at radius 1 is 0.940 bits per heavy atom. The molecule has 5 rings (SSSR count). The number of ether oxygens (including phenoxy) is 2. The molecular formula is C46H57N15O6. The molecule has 0 atom stereocenters. The number of rotatable bonds is 24. The predicted octanol–water partition coefficient (Wildman–Crippen LogP) is 4.59. The molecule has 0 saturated carbocycles. The van der Waals surface area contributed by atoms with Crippen molar-refractivity contribution >= 4 is 70.1 Å². The lowest BCUT2D eigenvalue weighted by atomic mass is 10.1. The SMILES string of the molecule is C=Nc1cc(C(N)=O)cc(OC/C=C/Cn2cc(NC(=C)C)cn2)c1N(C/C=C/Cn1c(NC(=O)C(/C=C(/C)N)=NCC)nc2cc(C(N)=O)cc(OC)c21)CNC(=O)c1cc(C)nn1CC. The molecule has 2 aromatic carbocycles. The maximum atomic E-state index is 13.7. The number of nitrogens with one attached hydrogen (secondary N) is 3. The fraction of sp³-hybridized carbons (Fsp3) is 0.283. The zero-order valence-electron chi connectivity index (χ0n) is 38.5. The maximum Gasteiger partial charge on any atom is 0.276 e. The molecule has 0 spiro atoms. The monoisotopic (exact) mass is 915 g/mol. The van der Waals surface area contributed by atoms with Crippen LogP contribution in [0.3, 0.4) is 0 Å². The minimum absolute atomic E-state index is 0.0712. The van der Waals surface area contributed by atoms with Gasteiger partial charge in [-0.15, -0.1) is 0 Å². The Kier molecular flexibility index (Phi) is 16.9. The second-order valence-electron chi connectivity index (χ2n) is 15.0. The summed E-state index contributed by atoms with van der Waals surface area (Å²) in [6, 6.07) is 7.69. The lowest BCUT2D eigenvalue weighted by Gasteiger charge is -2.27. The first-order valence-corrected chi connectivity index (χ1v) is 21.1. The van der Waals surface area contributed by atoms with Crippen molar-refractivity contribution in [3.8, 4) is 11.5 Å². The summed E-state index contributed by atoms with van der Waals surface area (Å²) in [5.41, 5.74) is 22.1. The third-order valence-electron chi connectivity index (χ3n) is 9.72. The second kappa shape index (κ2) is 22.9. The van der Waals surface area contributed by atoms with Gasteiger partial charge in [-0.25, -0.2) is 4.98 Å². The number of fused-ring (bicyclic) bond motifs is 1. The molecule has 5 aromatic rings. The van der Waals surface area contributed by atoms with Gasteiger partial charge in [-0.05, 0) is 83.8 Å². The van der Waals surface area contributed by atoms with E-state index in [9.17, 15) is 19.2 Å². The van der Waals surface area contributed by atoms with Crippen LogP contribution in [-0.2, 0) is 24.4 Å². The lowest BCUT2D eigenvalue weighted by Crippen LogP contribution is -2.39. The average Bonchev–Trinajstić information content (AvgIpc) is 4.00. The molecule has 3 aromatic heterocycles. The number of carbonyl (C=O) groups excluding carboxylic acids is 4. The van der Waals surface area contributed by atoms with E-state index in [1.807, 2.05) is 38.3 Å². The predicted molar refractivity (Wildman–Crippen MR) is 260 cm³/mol. The summed E-state index contributed by atoms with van der Waals surface area (Å²) in [5.74, 6) is -1.74. The third kappa shape index (κ3) is 12.8. The van der Waals surface area contributed by atoms with Crippen LogP contribution in [0, 0.1) is 6.92 Å². The minimum Gasteiger partial charge on any atom is -0.494 e. The van der Waals surface area contributed by atoms with Crippen molar-refractivity contribution < 1.29 is 28.7 Å². The van der Waals surface area contributed by atoms with Gasteiger partial charge in [0, 0.05) is 54.9 Å². The van der Waals surface area contributed by atoms with E-state index in [-0.39, 0.29) is 72.2 Å². The van der Waals surface area contributed by atoms with E-state index in [4.69, 9.17) is 26.7 Å². The van der Waals surface area contributed by atoms with Crippen molar-refractivity contribution in [1.82, 2.24) is 34.4 Å². The molecule has 0 saturated heterocycles. The number of aryl methyl sites for hydroxylation is 2. The molecule has 0 aliphatic rings. The van der Waals surface area contributed by atoms with Gasteiger partial charge in [0.1, 0.15) is 40.7 Å².